The second-order valence-corrected chi connectivity index (χ2v) is 11.4. The monoisotopic (exact) mass is 447 g/mol. The smallest absolute Gasteiger partial charge is 0.233 e. The van der Waals surface area contributed by atoms with E-state index in [1.165, 1.54) is 19.1 Å². The number of benzene rings is 1. The van der Waals surface area contributed by atoms with Gasteiger partial charge < -0.3 is 10.4 Å². The van der Waals surface area contributed by atoms with E-state index in [1.54, 1.807) is 49.8 Å². The number of carbonyl (C=O) groups is 1. The quantitative estimate of drug-likeness (QED) is 0.643. The lowest BCUT2D eigenvalue weighted by atomic mass is 9.86. The molecule has 0 saturated heterocycles. The van der Waals surface area contributed by atoms with Crippen molar-refractivity contribution in [1.82, 2.24) is 9.78 Å². The van der Waals surface area contributed by atoms with Crippen LogP contribution < -0.4 is 5.32 Å². The normalized spacial score (nSPS) is 16.4. The van der Waals surface area contributed by atoms with Gasteiger partial charge in [-0.1, -0.05) is 37.8 Å². The number of hydrogen-bond donors (Lipinski definition) is 2. The first kappa shape index (κ1) is 23.5. The summed E-state index contributed by atoms with van der Waals surface area (Å²) in [7, 11) is -3.31. The number of carbonyl (C=O) groups excluding carboxylic acids is 1. The number of hydrogen-bond acceptors (Lipinski definition) is 5. The third kappa shape index (κ3) is 6.40. The van der Waals surface area contributed by atoms with Gasteiger partial charge >= 0.3 is 0 Å². The Kier molecular flexibility index (Phi) is 6.91. The summed E-state index contributed by atoms with van der Waals surface area (Å²) in [5.41, 5.74) is 0.570. The molecule has 1 aliphatic carbocycles. The fraction of sp³-hybridized carbons (Fsp3) is 0.565. The predicted octanol–water partition coefficient (Wildman–Crippen LogP) is 3.67. The summed E-state index contributed by atoms with van der Waals surface area (Å²) in [5.74, 6) is 0.398. The zero-order chi connectivity index (χ0) is 22.8. The Morgan fingerprint density at radius 3 is 2.55 bits per heavy atom. The summed E-state index contributed by atoms with van der Waals surface area (Å²) < 4.78 is 25.6. The minimum absolute atomic E-state index is 0.146. The van der Waals surface area contributed by atoms with Crippen molar-refractivity contribution in [3.8, 4) is 0 Å². The van der Waals surface area contributed by atoms with Crippen molar-refractivity contribution in [2.24, 2.45) is 5.92 Å². The molecule has 1 saturated carbocycles. The van der Waals surface area contributed by atoms with Gasteiger partial charge in [-0.2, -0.15) is 5.10 Å². The first-order valence-corrected chi connectivity index (χ1v) is 12.7. The van der Waals surface area contributed by atoms with Gasteiger partial charge in [-0.3, -0.25) is 9.48 Å². The fourth-order valence-electron chi connectivity index (χ4n) is 4.41. The zero-order valence-corrected chi connectivity index (χ0v) is 19.6. The number of amides is 1. The molecule has 1 unspecified atom stereocenters. The first-order valence-electron chi connectivity index (χ1n) is 10.8. The highest BCUT2D eigenvalue weighted by Crippen LogP contribution is 2.35. The first-order chi connectivity index (χ1) is 14.4. The van der Waals surface area contributed by atoms with Crippen molar-refractivity contribution < 1.29 is 18.3 Å². The fourth-order valence-corrected chi connectivity index (χ4v) is 5.36. The van der Waals surface area contributed by atoms with E-state index in [0.29, 0.717) is 28.7 Å². The molecule has 1 amide bonds. The van der Waals surface area contributed by atoms with E-state index in [0.717, 1.165) is 24.8 Å². The van der Waals surface area contributed by atoms with Crippen LogP contribution in [0, 0.1) is 12.8 Å². The molecule has 3 rings (SSSR count). The van der Waals surface area contributed by atoms with Gasteiger partial charge in [-0.05, 0) is 50.3 Å². The summed E-state index contributed by atoms with van der Waals surface area (Å²) in [6, 6.07) is 6.90. The van der Waals surface area contributed by atoms with Crippen molar-refractivity contribution in [2.45, 2.75) is 75.8 Å². The van der Waals surface area contributed by atoms with E-state index in [2.05, 4.69) is 10.4 Å². The van der Waals surface area contributed by atoms with Crippen LogP contribution in [0.3, 0.4) is 0 Å². The Bertz CT molecular complexity index is 1030. The number of nitrogens with one attached hydrogen (secondary N) is 1. The highest BCUT2D eigenvalue weighted by Gasteiger charge is 2.28. The molecule has 1 fully saturated rings. The maximum atomic E-state index is 13.3. The molecule has 1 atom stereocenters. The van der Waals surface area contributed by atoms with E-state index < -0.39 is 15.4 Å². The van der Waals surface area contributed by atoms with Gasteiger partial charge in [-0.25, -0.2) is 8.42 Å². The lowest BCUT2D eigenvalue weighted by Gasteiger charge is -2.21. The standard InChI is InChI=1S/C23H33N3O4S/c1-16-13-18(9-10-20(16)31(4,29)30)19(14-17-7-5-6-8-17)22(27)24-21-11-12-26(25-21)15-23(2,3)28/h9-13,17,19,28H,5-8,14-15H2,1-4H3,(H,24,25,27). The molecule has 1 aromatic carbocycles. The SMILES string of the molecule is Cc1cc(C(CC2CCCC2)C(=O)Nc2ccn(CC(C)(C)O)n2)ccc1S(C)(=O)=O. The van der Waals surface area contributed by atoms with Crippen LogP contribution >= 0.6 is 0 Å². The lowest BCUT2D eigenvalue weighted by Crippen LogP contribution is -2.27. The van der Waals surface area contributed by atoms with Crippen LogP contribution in [0.1, 0.15) is 63.0 Å². The molecule has 31 heavy (non-hydrogen) atoms. The number of sulfone groups is 1. The minimum Gasteiger partial charge on any atom is -0.389 e. The Hall–Kier alpha value is -2.19. The summed E-state index contributed by atoms with van der Waals surface area (Å²) in [5, 5.41) is 17.2. The van der Waals surface area contributed by atoms with Crippen LogP contribution in [0.5, 0.6) is 0 Å². The van der Waals surface area contributed by atoms with E-state index in [1.807, 2.05) is 6.07 Å². The highest BCUT2D eigenvalue weighted by molar-refractivity contribution is 7.90. The Labute approximate surface area is 184 Å². The zero-order valence-electron chi connectivity index (χ0n) is 18.8. The Balaban J connectivity index is 1.83. The van der Waals surface area contributed by atoms with Crippen LogP contribution in [-0.4, -0.2) is 41.1 Å². The van der Waals surface area contributed by atoms with Crippen LogP contribution in [-0.2, 0) is 21.2 Å². The number of anilines is 1. The van der Waals surface area contributed by atoms with E-state index in [-0.39, 0.29) is 11.8 Å². The molecule has 1 aliphatic rings. The average molecular weight is 448 g/mol. The molecule has 170 valence electrons. The van der Waals surface area contributed by atoms with Crippen LogP contribution in [0.2, 0.25) is 0 Å². The number of aliphatic hydroxyl groups is 1. The molecule has 2 aromatic rings. The number of rotatable bonds is 8. The molecular weight excluding hydrogens is 414 g/mol. The third-order valence-corrected chi connectivity index (χ3v) is 7.06. The molecule has 7 nitrogen and oxygen atoms in total. The molecule has 0 bridgehead atoms. The van der Waals surface area contributed by atoms with E-state index in [4.69, 9.17) is 0 Å². The molecule has 8 heteroatoms. The molecule has 1 aromatic heterocycles. The van der Waals surface area contributed by atoms with Gasteiger partial charge in [0, 0.05) is 18.5 Å². The number of nitrogens with zero attached hydrogens (tertiary/aromatic N) is 2. The molecule has 1 heterocycles. The number of aryl methyl sites for hydroxylation is 1. The minimum atomic E-state index is -3.31. The third-order valence-electron chi connectivity index (χ3n) is 5.80. The largest absolute Gasteiger partial charge is 0.389 e. The van der Waals surface area contributed by atoms with Crippen molar-refractivity contribution in [3.05, 3.63) is 41.6 Å². The van der Waals surface area contributed by atoms with Crippen LogP contribution in [0.25, 0.3) is 0 Å². The highest BCUT2D eigenvalue weighted by atomic mass is 32.2. The topological polar surface area (TPSA) is 101 Å². The predicted molar refractivity (Wildman–Crippen MR) is 121 cm³/mol. The van der Waals surface area contributed by atoms with Gasteiger partial charge in [0.15, 0.2) is 15.7 Å². The van der Waals surface area contributed by atoms with Crippen molar-refractivity contribution in [1.29, 1.82) is 0 Å². The maximum Gasteiger partial charge on any atom is 0.233 e. The number of aromatic nitrogens is 2. The molecule has 0 radical (unpaired) electrons. The van der Waals surface area contributed by atoms with Gasteiger partial charge in [0.05, 0.1) is 23.0 Å². The maximum absolute atomic E-state index is 13.3. The second-order valence-electron chi connectivity index (χ2n) is 9.44. The second kappa shape index (κ2) is 9.12. The van der Waals surface area contributed by atoms with Gasteiger partial charge in [0.1, 0.15) is 0 Å². The Morgan fingerprint density at radius 2 is 1.97 bits per heavy atom. The average Bonchev–Trinajstić information content (AvgIpc) is 3.29. The van der Waals surface area contributed by atoms with Gasteiger partial charge in [0.25, 0.3) is 0 Å². The van der Waals surface area contributed by atoms with Crippen molar-refractivity contribution in [2.75, 3.05) is 11.6 Å². The summed E-state index contributed by atoms with van der Waals surface area (Å²) >= 11 is 0. The van der Waals surface area contributed by atoms with E-state index >= 15 is 0 Å². The van der Waals surface area contributed by atoms with E-state index in [9.17, 15) is 18.3 Å². The molecular formula is C23H33N3O4S. The van der Waals surface area contributed by atoms with Gasteiger partial charge in [-0.15, -0.1) is 0 Å². The van der Waals surface area contributed by atoms with Crippen molar-refractivity contribution >= 4 is 21.6 Å². The summed E-state index contributed by atoms with van der Waals surface area (Å²) in [4.78, 5) is 13.6. The molecule has 2 N–H and O–H groups in total. The summed E-state index contributed by atoms with van der Waals surface area (Å²) in [6.07, 6.45) is 8.26. The van der Waals surface area contributed by atoms with Gasteiger partial charge in [0.2, 0.25) is 5.91 Å². The molecule has 0 aliphatic heterocycles. The molecule has 0 spiro atoms. The van der Waals surface area contributed by atoms with Crippen LogP contribution in [0.4, 0.5) is 5.82 Å². The summed E-state index contributed by atoms with van der Waals surface area (Å²) in [6.45, 7) is 5.49. The van der Waals surface area contributed by atoms with Crippen LogP contribution in [0.15, 0.2) is 35.4 Å². The Morgan fingerprint density at radius 1 is 1.29 bits per heavy atom. The van der Waals surface area contributed by atoms with Crippen molar-refractivity contribution in [3.63, 3.8) is 0 Å². The lowest BCUT2D eigenvalue weighted by molar-refractivity contribution is -0.118.